The van der Waals surface area contributed by atoms with Crippen molar-refractivity contribution in [1.82, 2.24) is 0 Å². The molecule has 1 atom stereocenters. The van der Waals surface area contributed by atoms with Gasteiger partial charge in [-0.15, -0.1) is 11.8 Å². The first kappa shape index (κ1) is 17.7. The maximum Gasteiger partial charge on any atom is 0.132 e. The van der Waals surface area contributed by atoms with Gasteiger partial charge >= 0.3 is 0 Å². The van der Waals surface area contributed by atoms with Gasteiger partial charge in [0.25, 0.3) is 0 Å². The summed E-state index contributed by atoms with van der Waals surface area (Å²) in [6, 6.07) is 12.9. The number of anilines is 1. The predicted molar refractivity (Wildman–Crippen MR) is 91.9 cm³/mol. The molecule has 0 radical (unpaired) electrons. The smallest absolute Gasteiger partial charge is 0.132 e. The van der Waals surface area contributed by atoms with Crippen LogP contribution in [0.5, 0.6) is 5.75 Å². The lowest BCUT2D eigenvalue weighted by Crippen LogP contribution is -2.34. The van der Waals surface area contributed by atoms with Crippen LogP contribution in [-0.2, 0) is 4.79 Å². The molecule has 0 spiro atoms. The zero-order chi connectivity index (χ0) is 17.5. The molecule has 5 nitrogen and oxygen atoms in total. The lowest BCUT2D eigenvalue weighted by molar-refractivity contribution is -0.307. The summed E-state index contributed by atoms with van der Waals surface area (Å²) in [5.41, 5.74) is 1.69. The fourth-order valence-electron chi connectivity index (χ4n) is 2.23. The zero-order valence-corrected chi connectivity index (χ0v) is 14.2. The Morgan fingerprint density at radius 2 is 2.04 bits per heavy atom. The molecule has 1 unspecified atom stereocenters. The fourth-order valence-corrected chi connectivity index (χ4v) is 3.05. The Kier molecular flexibility index (Phi) is 6.10. The quantitative estimate of drug-likeness (QED) is 0.779. The number of thioether (sulfide) groups is 1. The van der Waals surface area contributed by atoms with Gasteiger partial charge < -0.3 is 20.0 Å². The summed E-state index contributed by atoms with van der Waals surface area (Å²) in [5, 5.41) is 23.3. The number of benzene rings is 2. The van der Waals surface area contributed by atoms with Crippen molar-refractivity contribution < 1.29 is 14.6 Å². The van der Waals surface area contributed by atoms with Crippen molar-refractivity contribution in [1.29, 1.82) is 5.26 Å². The Hall–Kier alpha value is -2.65. The second-order valence-electron chi connectivity index (χ2n) is 4.93. The van der Waals surface area contributed by atoms with Crippen molar-refractivity contribution in [3.8, 4) is 11.8 Å². The molecule has 0 aliphatic rings. The number of carbonyl (C=O) groups is 1. The molecule has 0 aliphatic heterocycles. The van der Waals surface area contributed by atoms with Crippen LogP contribution in [0.15, 0.2) is 47.4 Å². The number of hydrogen-bond acceptors (Lipinski definition) is 6. The number of nitrogens with zero attached hydrogens (tertiary/aromatic N) is 1. The van der Waals surface area contributed by atoms with Crippen LogP contribution < -0.4 is 15.2 Å². The van der Waals surface area contributed by atoms with Crippen LogP contribution in [0.1, 0.15) is 24.1 Å². The number of nitriles is 1. The molecule has 24 heavy (non-hydrogen) atoms. The normalized spacial score (nSPS) is 11.4. The largest absolute Gasteiger partial charge is 0.548 e. The topological polar surface area (TPSA) is 85.2 Å². The minimum absolute atomic E-state index is 0.511. The van der Waals surface area contributed by atoms with Crippen LogP contribution >= 0.6 is 11.8 Å². The SMILES string of the molecule is CCSc1cc(C(Nc2ccc(C#N)cc2)C(=O)[O-])ccc1OC. The first-order valence-corrected chi connectivity index (χ1v) is 8.36. The Morgan fingerprint density at radius 3 is 2.58 bits per heavy atom. The van der Waals surface area contributed by atoms with Crippen LogP contribution in [0, 0.1) is 11.3 Å². The summed E-state index contributed by atoms with van der Waals surface area (Å²) >= 11 is 1.58. The number of methoxy groups -OCH3 is 1. The van der Waals surface area contributed by atoms with Gasteiger partial charge in [-0.3, -0.25) is 0 Å². The lowest BCUT2D eigenvalue weighted by Gasteiger charge is -2.22. The third kappa shape index (κ3) is 4.21. The van der Waals surface area contributed by atoms with E-state index in [1.165, 1.54) is 0 Å². The van der Waals surface area contributed by atoms with Crippen LogP contribution in [0.4, 0.5) is 5.69 Å². The van der Waals surface area contributed by atoms with Crippen LogP contribution in [0.25, 0.3) is 0 Å². The molecule has 124 valence electrons. The number of nitrogens with one attached hydrogen (secondary N) is 1. The van der Waals surface area contributed by atoms with Gasteiger partial charge in [0.05, 0.1) is 30.8 Å². The molecular weight excluding hydrogens is 324 g/mol. The van der Waals surface area contributed by atoms with Gasteiger partial charge in [-0.1, -0.05) is 13.0 Å². The number of carboxylic acid groups (broad SMARTS) is 1. The predicted octanol–water partition coefficient (Wildman–Crippen LogP) is 2.58. The molecule has 1 N–H and O–H groups in total. The molecule has 0 heterocycles. The maximum atomic E-state index is 11.6. The molecule has 2 rings (SSSR count). The van der Waals surface area contributed by atoms with E-state index >= 15 is 0 Å². The molecule has 0 bridgehead atoms. The third-order valence-corrected chi connectivity index (χ3v) is 4.30. The molecule has 6 heteroatoms. The van der Waals surface area contributed by atoms with E-state index in [2.05, 4.69) is 5.32 Å². The van der Waals surface area contributed by atoms with Gasteiger partial charge in [-0.05, 0) is 47.7 Å². The van der Waals surface area contributed by atoms with E-state index in [9.17, 15) is 9.90 Å². The standard InChI is InChI=1S/C18H18N2O3S/c1-3-24-16-10-13(6-9-15(16)23-2)17(18(21)22)20-14-7-4-12(11-19)5-8-14/h4-10,17,20H,3H2,1-2H3,(H,21,22)/p-1. The van der Waals surface area contributed by atoms with Crippen molar-refractivity contribution >= 4 is 23.4 Å². The van der Waals surface area contributed by atoms with Gasteiger partial charge in [-0.2, -0.15) is 5.26 Å². The number of carboxylic acids is 1. The van der Waals surface area contributed by atoms with E-state index in [0.717, 1.165) is 10.6 Å². The average Bonchev–Trinajstić information content (AvgIpc) is 2.60. The molecule has 2 aromatic carbocycles. The van der Waals surface area contributed by atoms with E-state index in [-0.39, 0.29) is 0 Å². The minimum atomic E-state index is -1.23. The van der Waals surface area contributed by atoms with Gasteiger partial charge in [0.15, 0.2) is 0 Å². The highest BCUT2D eigenvalue weighted by atomic mass is 32.2. The van der Waals surface area contributed by atoms with E-state index in [1.807, 2.05) is 13.0 Å². The first-order valence-electron chi connectivity index (χ1n) is 7.37. The highest BCUT2D eigenvalue weighted by molar-refractivity contribution is 7.99. The van der Waals surface area contributed by atoms with Gasteiger partial charge in [0, 0.05) is 10.6 Å². The van der Waals surface area contributed by atoms with Gasteiger partial charge in [0.1, 0.15) is 5.75 Å². The number of carbonyl (C=O) groups excluding carboxylic acids is 1. The second-order valence-corrected chi connectivity index (χ2v) is 6.23. The van der Waals surface area contributed by atoms with Crippen LogP contribution in [-0.4, -0.2) is 18.8 Å². The second kappa shape index (κ2) is 8.27. The van der Waals surface area contributed by atoms with Crippen molar-refractivity contribution in [2.45, 2.75) is 17.9 Å². The number of aliphatic carboxylic acids is 1. The highest BCUT2D eigenvalue weighted by Gasteiger charge is 2.15. The molecule has 0 aromatic heterocycles. The maximum absolute atomic E-state index is 11.6. The monoisotopic (exact) mass is 341 g/mol. The summed E-state index contributed by atoms with van der Waals surface area (Å²) in [4.78, 5) is 12.5. The molecule has 0 fully saturated rings. The molecule has 0 aliphatic carbocycles. The zero-order valence-electron chi connectivity index (χ0n) is 13.4. The lowest BCUT2D eigenvalue weighted by atomic mass is 10.1. The van der Waals surface area contributed by atoms with Crippen LogP contribution in [0.3, 0.4) is 0 Å². The Bertz CT molecular complexity index is 754. The molecule has 0 saturated carbocycles. The third-order valence-electron chi connectivity index (χ3n) is 3.38. The van der Waals surface area contributed by atoms with Gasteiger partial charge in [-0.25, -0.2) is 0 Å². The Balaban J connectivity index is 2.31. The van der Waals surface area contributed by atoms with Crippen molar-refractivity contribution in [2.75, 3.05) is 18.2 Å². The summed E-state index contributed by atoms with van der Waals surface area (Å²) < 4.78 is 5.30. The molecular formula is C18H17N2O3S-. The Labute approximate surface area is 145 Å². The average molecular weight is 341 g/mol. The van der Waals surface area contributed by atoms with Crippen molar-refractivity contribution in [3.63, 3.8) is 0 Å². The van der Waals surface area contributed by atoms with Crippen molar-refractivity contribution in [2.24, 2.45) is 0 Å². The number of rotatable bonds is 7. The molecule has 2 aromatic rings. The fraction of sp³-hybridized carbons (Fsp3) is 0.222. The molecule has 0 saturated heterocycles. The van der Waals surface area contributed by atoms with Crippen LogP contribution in [0.2, 0.25) is 0 Å². The van der Waals surface area contributed by atoms with Gasteiger partial charge in [0.2, 0.25) is 0 Å². The summed E-state index contributed by atoms with van der Waals surface area (Å²) in [6.07, 6.45) is 0. The minimum Gasteiger partial charge on any atom is -0.548 e. The number of ether oxygens (including phenoxy) is 1. The summed E-state index contributed by atoms with van der Waals surface area (Å²) in [6.45, 7) is 2.02. The summed E-state index contributed by atoms with van der Waals surface area (Å²) in [5.74, 6) is 0.330. The Morgan fingerprint density at radius 1 is 1.33 bits per heavy atom. The highest BCUT2D eigenvalue weighted by Crippen LogP contribution is 2.32. The van der Waals surface area contributed by atoms with E-state index in [0.29, 0.717) is 22.6 Å². The van der Waals surface area contributed by atoms with E-state index in [1.54, 1.807) is 61.3 Å². The number of hydrogen-bond donors (Lipinski definition) is 1. The summed E-state index contributed by atoms with van der Waals surface area (Å²) in [7, 11) is 1.58. The molecule has 0 amide bonds. The first-order chi connectivity index (χ1) is 11.6. The van der Waals surface area contributed by atoms with Crippen molar-refractivity contribution in [3.05, 3.63) is 53.6 Å². The van der Waals surface area contributed by atoms with E-state index < -0.39 is 12.0 Å². The van der Waals surface area contributed by atoms with E-state index in [4.69, 9.17) is 10.00 Å².